The molecule has 3 N–H and O–H groups in total. The highest BCUT2D eigenvalue weighted by atomic mass is 19.4. The predicted molar refractivity (Wildman–Crippen MR) is 50.0 cm³/mol. The van der Waals surface area contributed by atoms with E-state index in [2.05, 4.69) is 0 Å². The molecule has 0 saturated heterocycles. The molecule has 1 aromatic rings. The maximum Gasteiger partial charge on any atom is 0.403 e. The molecule has 6 heteroatoms. The van der Waals surface area contributed by atoms with Gasteiger partial charge >= 0.3 is 6.18 Å². The van der Waals surface area contributed by atoms with Crippen molar-refractivity contribution in [1.29, 1.82) is 0 Å². The summed E-state index contributed by atoms with van der Waals surface area (Å²) in [4.78, 5) is 0. The molecule has 0 heterocycles. The van der Waals surface area contributed by atoms with Gasteiger partial charge in [-0.1, -0.05) is 12.1 Å². The molecule has 0 fully saturated rings. The summed E-state index contributed by atoms with van der Waals surface area (Å²) in [5.74, 6) is -0.614. The number of halogens is 4. The zero-order valence-electron chi connectivity index (χ0n) is 8.21. The van der Waals surface area contributed by atoms with E-state index >= 15 is 0 Å². The van der Waals surface area contributed by atoms with Gasteiger partial charge in [-0.2, -0.15) is 13.2 Å². The topological polar surface area (TPSA) is 46.2 Å². The standard InChI is InChI=1S/C10H11F4NO/c11-7-3-1-2-6(4-7)8(16)5-9(15)10(12,13)14/h1-4,8-9,16H,5,15H2/t8-,9-/m1/s1. The summed E-state index contributed by atoms with van der Waals surface area (Å²) < 4.78 is 49.0. The van der Waals surface area contributed by atoms with Crippen molar-refractivity contribution in [3.63, 3.8) is 0 Å². The zero-order chi connectivity index (χ0) is 12.3. The Labute approximate surface area is 89.7 Å². The molecule has 2 nitrogen and oxygen atoms in total. The van der Waals surface area contributed by atoms with Gasteiger partial charge in [0.2, 0.25) is 0 Å². The Morgan fingerprint density at radius 3 is 2.44 bits per heavy atom. The fourth-order valence-electron chi connectivity index (χ4n) is 1.22. The Morgan fingerprint density at radius 2 is 1.94 bits per heavy atom. The highest BCUT2D eigenvalue weighted by Gasteiger charge is 2.37. The van der Waals surface area contributed by atoms with Crippen molar-refractivity contribution < 1.29 is 22.7 Å². The van der Waals surface area contributed by atoms with Crippen molar-refractivity contribution >= 4 is 0 Å². The number of rotatable bonds is 3. The van der Waals surface area contributed by atoms with Crippen molar-refractivity contribution in [2.75, 3.05) is 0 Å². The van der Waals surface area contributed by atoms with E-state index < -0.39 is 30.6 Å². The molecule has 0 aromatic heterocycles. The first-order valence-corrected chi connectivity index (χ1v) is 4.56. The van der Waals surface area contributed by atoms with Crippen LogP contribution in [-0.4, -0.2) is 17.3 Å². The number of nitrogens with two attached hydrogens (primary N) is 1. The average molecular weight is 237 g/mol. The third-order valence-corrected chi connectivity index (χ3v) is 2.13. The largest absolute Gasteiger partial charge is 0.403 e. The average Bonchev–Trinajstić information content (AvgIpc) is 2.16. The van der Waals surface area contributed by atoms with Gasteiger partial charge in [0.25, 0.3) is 0 Å². The number of aliphatic hydroxyl groups is 1. The molecule has 90 valence electrons. The van der Waals surface area contributed by atoms with E-state index in [1.807, 2.05) is 0 Å². The minimum atomic E-state index is -4.56. The summed E-state index contributed by atoms with van der Waals surface area (Å²) in [5.41, 5.74) is 4.93. The van der Waals surface area contributed by atoms with Gasteiger partial charge in [0.05, 0.1) is 6.10 Å². The Morgan fingerprint density at radius 1 is 1.31 bits per heavy atom. The molecule has 0 unspecified atom stereocenters. The Bertz CT molecular complexity index is 353. The normalized spacial score (nSPS) is 15.9. The molecule has 16 heavy (non-hydrogen) atoms. The van der Waals surface area contributed by atoms with Crippen LogP contribution in [0.2, 0.25) is 0 Å². The lowest BCUT2D eigenvalue weighted by atomic mass is 10.0. The zero-order valence-corrected chi connectivity index (χ0v) is 8.21. The van der Waals surface area contributed by atoms with Crippen molar-refractivity contribution in [3.05, 3.63) is 35.6 Å². The lowest BCUT2D eigenvalue weighted by Gasteiger charge is -2.19. The fourth-order valence-corrected chi connectivity index (χ4v) is 1.22. The number of benzene rings is 1. The summed E-state index contributed by atoms with van der Waals surface area (Å²) in [6.45, 7) is 0. The molecule has 0 aliphatic carbocycles. The van der Waals surface area contributed by atoms with E-state index in [1.54, 1.807) is 0 Å². The summed E-state index contributed by atoms with van der Waals surface area (Å²) in [6, 6.07) is 2.66. The molecule has 0 aliphatic rings. The predicted octanol–water partition coefficient (Wildman–Crippen LogP) is 2.14. The van der Waals surface area contributed by atoms with Gasteiger partial charge in [-0.05, 0) is 17.7 Å². The SMILES string of the molecule is N[C@H](C[C@@H](O)c1cccc(F)c1)C(F)(F)F. The second kappa shape index (κ2) is 4.80. The second-order valence-corrected chi connectivity index (χ2v) is 3.45. The molecule has 0 amide bonds. The quantitative estimate of drug-likeness (QED) is 0.791. The van der Waals surface area contributed by atoms with Crippen LogP contribution in [0.25, 0.3) is 0 Å². The summed E-state index contributed by atoms with van der Waals surface area (Å²) >= 11 is 0. The van der Waals surface area contributed by atoms with E-state index in [9.17, 15) is 22.7 Å². The molecule has 0 saturated carbocycles. The molecule has 0 bridgehead atoms. The van der Waals surface area contributed by atoms with E-state index in [-0.39, 0.29) is 5.56 Å². The van der Waals surface area contributed by atoms with Crippen LogP contribution in [0.5, 0.6) is 0 Å². The van der Waals surface area contributed by atoms with Crippen LogP contribution in [0.3, 0.4) is 0 Å². The Kier molecular flexibility index (Phi) is 3.88. The fraction of sp³-hybridized carbons (Fsp3) is 0.400. The van der Waals surface area contributed by atoms with Gasteiger partial charge in [-0.3, -0.25) is 0 Å². The van der Waals surface area contributed by atoms with E-state index in [4.69, 9.17) is 5.73 Å². The molecular weight excluding hydrogens is 226 g/mol. The van der Waals surface area contributed by atoms with Gasteiger partial charge in [-0.15, -0.1) is 0 Å². The van der Waals surface area contributed by atoms with E-state index in [0.29, 0.717) is 0 Å². The smallest absolute Gasteiger partial charge is 0.388 e. The van der Waals surface area contributed by atoms with Gasteiger partial charge in [-0.25, -0.2) is 4.39 Å². The number of aliphatic hydroxyl groups excluding tert-OH is 1. The van der Waals surface area contributed by atoms with Gasteiger partial charge in [0.1, 0.15) is 11.9 Å². The second-order valence-electron chi connectivity index (χ2n) is 3.45. The number of hydrogen-bond acceptors (Lipinski definition) is 2. The highest BCUT2D eigenvalue weighted by Crippen LogP contribution is 2.26. The van der Waals surface area contributed by atoms with Gasteiger partial charge in [0.15, 0.2) is 0 Å². The third kappa shape index (κ3) is 3.46. The van der Waals surface area contributed by atoms with Crippen molar-refractivity contribution in [2.45, 2.75) is 24.7 Å². The molecular formula is C10H11F4NO. The molecule has 1 aromatic carbocycles. The maximum atomic E-state index is 12.7. The van der Waals surface area contributed by atoms with Gasteiger partial charge < -0.3 is 10.8 Å². The van der Waals surface area contributed by atoms with E-state index in [1.165, 1.54) is 12.1 Å². The van der Waals surface area contributed by atoms with E-state index in [0.717, 1.165) is 12.1 Å². The highest BCUT2D eigenvalue weighted by molar-refractivity contribution is 5.18. The summed E-state index contributed by atoms with van der Waals surface area (Å²) in [5, 5.41) is 9.43. The number of hydrogen-bond donors (Lipinski definition) is 2. The molecule has 0 radical (unpaired) electrons. The first-order chi connectivity index (χ1) is 7.30. The van der Waals surface area contributed by atoms with Crippen molar-refractivity contribution in [1.82, 2.24) is 0 Å². The first kappa shape index (κ1) is 12.9. The monoisotopic (exact) mass is 237 g/mol. The van der Waals surface area contributed by atoms with Crippen LogP contribution in [-0.2, 0) is 0 Å². The molecule has 0 spiro atoms. The van der Waals surface area contributed by atoms with Crippen molar-refractivity contribution in [3.8, 4) is 0 Å². The van der Waals surface area contributed by atoms with Crippen LogP contribution in [0, 0.1) is 5.82 Å². The van der Waals surface area contributed by atoms with Crippen LogP contribution in [0.4, 0.5) is 17.6 Å². The number of alkyl halides is 3. The molecule has 2 atom stereocenters. The summed E-state index contributed by atoms with van der Waals surface area (Å²) in [6.07, 6.45) is -6.67. The molecule has 1 rings (SSSR count). The third-order valence-electron chi connectivity index (χ3n) is 2.13. The van der Waals surface area contributed by atoms with Crippen LogP contribution in [0.1, 0.15) is 18.1 Å². The Balaban J connectivity index is 2.69. The first-order valence-electron chi connectivity index (χ1n) is 4.56. The van der Waals surface area contributed by atoms with Crippen LogP contribution in [0.15, 0.2) is 24.3 Å². The van der Waals surface area contributed by atoms with Crippen LogP contribution < -0.4 is 5.73 Å². The van der Waals surface area contributed by atoms with Crippen molar-refractivity contribution in [2.24, 2.45) is 5.73 Å². The van der Waals surface area contributed by atoms with Crippen LogP contribution >= 0.6 is 0 Å². The minimum Gasteiger partial charge on any atom is -0.388 e. The summed E-state index contributed by atoms with van der Waals surface area (Å²) in [7, 11) is 0. The van der Waals surface area contributed by atoms with Gasteiger partial charge in [0, 0.05) is 6.42 Å². The lowest BCUT2D eigenvalue weighted by molar-refractivity contribution is -0.153. The Hall–Kier alpha value is -1.14. The lowest BCUT2D eigenvalue weighted by Crippen LogP contribution is -2.38. The minimum absolute atomic E-state index is 0.0831. The maximum absolute atomic E-state index is 12.7. The molecule has 0 aliphatic heterocycles.